The van der Waals surface area contributed by atoms with Crippen LogP contribution in [-0.2, 0) is 12.0 Å². The molecule has 0 aromatic heterocycles. The Hall–Kier alpha value is -1.18. The Morgan fingerprint density at radius 1 is 0.950 bits per heavy atom. The molecule has 0 atom stereocenters. The molecule has 106 valence electrons. The molecule has 0 spiro atoms. The summed E-state index contributed by atoms with van der Waals surface area (Å²) in [4.78, 5) is 0. The van der Waals surface area contributed by atoms with E-state index in [4.69, 9.17) is 23.2 Å². The Morgan fingerprint density at radius 2 is 1.65 bits per heavy atom. The molecule has 2 rings (SSSR count). The summed E-state index contributed by atoms with van der Waals surface area (Å²) in [6.07, 6.45) is 0. The van der Waals surface area contributed by atoms with Crippen LogP contribution in [0.4, 0.5) is 5.69 Å². The molecular formula is C17H19Cl2N. The fourth-order valence-electron chi connectivity index (χ4n) is 2.17. The van der Waals surface area contributed by atoms with E-state index in [-0.39, 0.29) is 5.41 Å². The zero-order valence-electron chi connectivity index (χ0n) is 12.0. The second-order valence-electron chi connectivity index (χ2n) is 5.86. The minimum absolute atomic E-state index is 0.0989. The maximum Gasteiger partial charge on any atom is 0.0642 e. The third-order valence-corrected chi connectivity index (χ3v) is 4.09. The predicted octanol–water partition coefficient (Wildman–Crippen LogP) is 5.90. The predicted molar refractivity (Wildman–Crippen MR) is 88.9 cm³/mol. The lowest BCUT2D eigenvalue weighted by atomic mass is 9.86. The monoisotopic (exact) mass is 307 g/mol. The molecule has 0 aliphatic heterocycles. The third kappa shape index (κ3) is 3.47. The van der Waals surface area contributed by atoms with Gasteiger partial charge in [-0.2, -0.15) is 0 Å². The molecule has 0 amide bonds. The highest BCUT2D eigenvalue weighted by molar-refractivity contribution is 6.42. The van der Waals surface area contributed by atoms with Gasteiger partial charge in [0.15, 0.2) is 0 Å². The highest BCUT2D eigenvalue weighted by Gasteiger charge is 2.17. The number of anilines is 1. The van der Waals surface area contributed by atoms with Crippen molar-refractivity contribution in [3.8, 4) is 0 Å². The Morgan fingerprint density at radius 3 is 2.35 bits per heavy atom. The molecule has 0 bridgehead atoms. The van der Waals surface area contributed by atoms with Gasteiger partial charge in [0.25, 0.3) is 0 Å². The van der Waals surface area contributed by atoms with E-state index in [1.165, 1.54) is 5.56 Å². The van der Waals surface area contributed by atoms with Gasteiger partial charge >= 0.3 is 0 Å². The van der Waals surface area contributed by atoms with Crippen LogP contribution in [0.5, 0.6) is 0 Å². The Bertz CT molecular complexity index is 600. The molecule has 20 heavy (non-hydrogen) atoms. The number of hydrogen-bond acceptors (Lipinski definition) is 1. The number of para-hydroxylation sites is 1. The fourth-order valence-corrected chi connectivity index (χ4v) is 2.55. The molecule has 2 aromatic carbocycles. The summed E-state index contributed by atoms with van der Waals surface area (Å²) >= 11 is 12.3. The molecule has 0 saturated heterocycles. The average molecular weight is 308 g/mol. The number of halogens is 2. The first kappa shape index (κ1) is 15.2. The molecule has 0 heterocycles. The first-order valence-corrected chi connectivity index (χ1v) is 7.41. The van der Waals surface area contributed by atoms with E-state index in [9.17, 15) is 0 Å². The van der Waals surface area contributed by atoms with Crippen molar-refractivity contribution in [2.24, 2.45) is 0 Å². The fraction of sp³-hybridized carbons (Fsp3) is 0.294. The molecule has 3 heteroatoms. The molecule has 0 unspecified atom stereocenters. The third-order valence-electron chi connectivity index (χ3n) is 3.24. The standard InChI is InChI=1S/C17H19Cl2N/c1-17(2,3)13-8-4-5-10-15(13)20-11-12-7-6-9-14(18)16(12)19/h4-10,20H,11H2,1-3H3. The van der Waals surface area contributed by atoms with Crippen LogP contribution >= 0.6 is 23.2 Å². The van der Waals surface area contributed by atoms with Crippen molar-refractivity contribution in [1.29, 1.82) is 0 Å². The second-order valence-corrected chi connectivity index (χ2v) is 6.65. The SMILES string of the molecule is CC(C)(C)c1ccccc1NCc1cccc(Cl)c1Cl. The van der Waals surface area contributed by atoms with Gasteiger partial charge in [-0.25, -0.2) is 0 Å². The van der Waals surface area contributed by atoms with Crippen LogP contribution in [0, 0.1) is 0 Å². The molecular weight excluding hydrogens is 289 g/mol. The number of hydrogen-bond donors (Lipinski definition) is 1. The summed E-state index contributed by atoms with van der Waals surface area (Å²) in [5.41, 5.74) is 3.53. The molecule has 0 fully saturated rings. The number of benzene rings is 2. The lowest BCUT2D eigenvalue weighted by Crippen LogP contribution is -2.14. The van der Waals surface area contributed by atoms with Gasteiger partial charge in [0.2, 0.25) is 0 Å². The van der Waals surface area contributed by atoms with E-state index in [1.807, 2.05) is 18.2 Å². The number of nitrogens with one attached hydrogen (secondary N) is 1. The zero-order chi connectivity index (χ0) is 14.8. The van der Waals surface area contributed by atoms with Crippen molar-refractivity contribution in [3.63, 3.8) is 0 Å². The smallest absolute Gasteiger partial charge is 0.0642 e. The molecule has 0 aliphatic rings. The van der Waals surface area contributed by atoms with Gasteiger partial charge in [-0.1, -0.05) is 74.3 Å². The first-order valence-electron chi connectivity index (χ1n) is 6.66. The largest absolute Gasteiger partial charge is 0.381 e. The molecule has 2 aromatic rings. The Balaban J connectivity index is 2.22. The van der Waals surface area contributed by atoms with Crippen LogP contribution in [0.25, 0.3) is 0 Å². The maximum absolute atomic E-state index is 6.22. The van der Waals surface area contributed by atoms with Crippen molar-refractivity contribution >= 4 is 28.9 Å². The van der Waals surface area contributed by atoms with Crippen LogP contribution in [0.15, 0.2) is 42.5 Å². The van der Waals surface area contributed by atoms with Crippen molar-refractivity contribution in [2.75, 3.05) is 5.32 Å². The minimum Gasteiger partial charge on any atom is -0.381 e. The summed E-state index contributed by atoms with van der Waals surface area (Å²) in [5.74, 6) is 0. The highest BCUT2D eigenvalue weighted by Crippen LogP contribution is 2.31. The van der Waals surface area contributed by atoms with Gasteiger partial charge in [-0.15, -0.1) is 0 Å². The Kier molecular flexibility index (Phi) is 4.62. The van der Waals surface area contributed by atoms with Gasteiger partial charge < -0.3 is 5.32 Å². The van der Waals surface area contributed by atoms with Crippen molar-refractivity contribution in [2.45, 2.75) is 32.7 Å². The van der Waals surface area contributed by atoms with Crippen molar-refractivity contribution in [3.05, 3.63) is 63.6 Å². The van der Waals surface area contributed by atoms with E-state index < -0.39 is 0 Å². The summed E-state index contributed by atoms with van der Waals surface area (Å²) in [6.45, 7) is 7.28. The normalized spacial score (nSPS) is 11.4. The molecule has 1 N–H and O–H groups in total. The van der Waals surface area contributed by atoms with Crippen LogP contribution in [-0.4, -0.2) is 0 Å². The highest BCUT2D eigenvalue weighted by atomic mass is 35.5. The average Bonchev–Trinajstić information content (AvgIpc) is 2.40. The van der Waals surface area contributed by atoms with Gasteiger partial charge in [-0.05, 0) is 28.7 Å². The van der Waals surface area contributed by atoms with Crippen LogP contribution in [0.1, 0.15) is 31.9 Å². The van der Waals surface area contributed by atoms with E-state index in [0.717, 1.165) is 11.3 Å². The number of rotatable bonds is 3. The molecule has 1 nitrogen and oxygen atoms in total. The lowest BCUT2D eigenvalue weighted by Gasteiger charge is -2.23. The summed E-state index contributed by atoms with van der Waals surface area (Å²) < 4.78 is 0. The topological polar surface area (TPSA) is 12.0 Å². The zero-order valence-corrected chi connectivity index (χ0v) is 13.5. The Labute approximate surface area is 130 Å². The quantitative estimate of drug-likeness (QED) is 0.744. The molecule has 0 radical (unpaired) electrons. The van der Waals surface area contributed by atoms with Gasteiger partial charge in [0, 0.05) is 12.2 Å². The van der Waals surface area contributed by atoms with Crippen LogP contribution < -0.4 is 5.32 Å². The van der Waals surface area contributed by atoms with Gasteiger partial charge in [0.05, 0.1) is 10.0 Å². The molecule has 0 saturated carbocycles. The summed E-state index contributed by atoms with van der Waals surface area (Å²) in [7, 11) is 0. The minimum atomic E-state index is 0.0989. The van der Waals surface area contributed by atoms with E-state index in [0.29, 0.717) is 16.6 Å². The summed E-state index contributed by atoms with van der Waals surface area (Å²) in [5, 5.41) is 4.67. The first-order chi connectivity index (χ1) is 9.39. The van der Waals surface area contributed by atoms with Crippen LogP contribution in [0.2, 0.25) is 10.0 Å². The van der Waals surface area contributed by atoms with E-state index in [2.05, 4.69) is 44.3 Å². The van der Waals surface area contributed by atoms with Crippen molar-refractivity contribution in [1.82, 2.24) is 0 Å². The molecule has 0 aliphatic carbocycles. The van der Waals surface area contributed by atoms with Gasteiger partial charge in [0.1, 0.15) is 0 Å². The van der Waals surface area contributed by atoms with Crippen LogP contribution in [0.3, 0.4) is 0 Å². The van der Waals surface area contributed by atoms with Crippen molar-refractivity contribution < 1.29 is 0 Å². The van der Waals surface area contributed by atoms with E-state index in [1.54, 1.807) is 6.07 Å². The van der Waals surface area contributed by atoms with Gasteiger partial charge in [-0.3, -0.25) is 0 Å². The summed E-state index contributed by atoms with van der Waals surface area (Å²) in [6, 6.07) is 14.1. The van der Waals surface area contributed by atoms with E-state index >= 15 is 0 Å². The lowest BCUT2D eigenvalue weighted by molar-refractivity contribution is 0.591. The second kappa shape index (κ2) is 6.07. The maximum atomic E-state index is 6.22.